The van der Waals surface area contributed by atoms with Crippen molar-refractivity contribution < 1.29 is 29.6 Å². The second-order valence-corrected chi connectivity index (χ2v) is 7.47. The molecule has 1 heterocycles. The van der Waals surface area contributed by atoms with E-state index in [0.29, 0.717) is 5.56 Å². The molecular weight excluding hydrogens is 398 g/mol. The topological polar surface area (TPSA) is 107 Å². The van der Waals surface area contributed by atoms with E-state index in [-0.39, 0.29) is 48.1 Å². The van der Waals surface area contributed by atoms with Gasteiger partial charge in [-0.05, 0) is 35.7 Å². The summed E-state index contributed by atoms with van der Waals surface area (Å²) in [6.45, 7) is 2.27. The van der Waals surface area contributed by atoms with Gasteiger partial charge in [-0.1, -0.05) is 36.4 Å². The van der Waals surface area contributed by atoms with Crippen LogP contribution in [0.4, 0.5) is 0 Å². The van der Waals surface area contributed by atoms with Crippen LogP contribution in [-0.4, -0.2) is 32.1 Å². The number of aromatic hydroxyl groups is 2. The zero-order valence-electron chi connectivity index (χ0n) is 16.8. The molecule has 1 aliphatic heterocycles. The number of phenolic OH excluding ortho intramolecular Hbond substituents is 2. The molecule has 0 bridgehead atoms. The Hall–Kier alpha value is -4.00. The van der Waals surface area contributed by atoms with E-state index < -0.39 is 11.9 Å². The number of hydrogen-bond donors (Lipinski definition) is 3. The highest BCUT2D eigenvalue weighted by molar-refractivity contribution is 6.01. The van der Waals surface area contributed by atoms with Crippen LogP contribution in [-0.2, 0) is 19.7 Å². The molecule has 7 heteroatoms. The molecular formula is C24H21NO6. The number of benzene rings is 3. The zero-order chi connectivity index (χ0) is 22.1. The van der Waals surface area contributed by atoms with Crippen LogP contribution in [0.2, 0.25) is 0 Å². The van der Waals surface area contributed by atoms with Gasteiger partial charge < -0.3 is 25.0 Å². The van der Waals surface area contributed by atoms with Crippen LogP contribution >= 0.6 is 0 Å². The van der Waals surface area contributed by atoms with E-state index in [9.17, 15) is 24.9 Å². The summed E-state index contributed by atoms with van der Waals surface area (Å²) in [5.74, 6) is -1.92. The van der Waals surface area contributed by atoms with Gasteiger partial charge >= 0.3 is 5.97 Å². The molecule has 158 valence electrons. The number of aromatic carboxylic acids is 1. The molecule has 0 unspecified atom stereocenters. The lowest BCUT2D eigenvalue weighted by molar-refractivity contribution is 0.0696. The molecule has 1 amide bonds. The molecule has 3 aromatic rings. The molecule has 0 aliphatic carbocycles. The maximum absolute atomic E-state index is 13.3. The third kappa shape index (κ3) is 3.90. The molecule has 0 fully saturated rings. The Morgan fingerprint density at radius 1 is 0.968 bits per heavy atom. The minimum absolute atomic E-state index is 0.0301. The van der Waals surface area contributed by atoms with Crippen LogP contribution in [0.5, 0.6) is 17.2 Å². The predicted octanol–water partition coefficient (Wildman–Crippen LogP) is 3.84. The molecule has 1 aliphatic rings. The normalized spacial score (nSPS) is 12.5. The number of nitrogens with zero attached hydrogens (tertiary/aromatic N) is 1. The smallest absolute Gasteiger partial charge is 0.335 e. The quantitative estimate of drug-likeness (QED) is 0.580. The minimum Gasteiger partial charge on any atom is -0.507 e. The first-order chi connectivity index (χ1) is 14.8. The number of carboxylic acid groups (broad SMARTS) is 1. The van der Waals surface area contributed by atoms with Gasteiger partial charge in [0.2, 0.25) is 0 Å². The Labute approximate surface area is 178 Å². The molecule has 3 N–H and O–H groups in total. The number of carbonyl (C=O) groups is 2. The van der Waals surface area contributed by atoms with Crippen molar-refractivity contribution in [3.63, 3.8) is 0 Å². The number of carboxylic acids is 1. The Bertz CT molecular complexity index is 1170. The molecule has 0 aromatic heterocycles. The molecule has 31 heavy (non-hydrogen) atoms. The summed E-state index contributed by atoms with van der Waals surface area (Å²) in [4.78, 5) is 26.1. The number of rotatable bonds is 5. The third-order valence-electron chi connectivity index (χ3n) is 5.38. The fourth-order valence-electron chi connectivity index (χ4n) is 3.68. The summed E-state index contributed by atoms with van der Waals surface area (Å²) in [6, 6.07) is 15.2. The van der Waals surface area contributed by atoms with Crippen molar-refractivity contribution in [2.24, 2.45) is 0 Å². The van der Waals surface area contributed by atoms with E-state index in [1.165, 1.54) is 11.0 Å². The highest BCUT2D eigenvalue weighted by Crippen LogP contribution is 2.40. The van der Waals surface area contributed by atoms with E-state index in [2.05, 4.69) is 0 Å². The van der Waals surface area contributed by atoms with Crippen LogP contribution in [0.3, 0.4) is 0 Å². The molecule has 0 saturated carbocycles. The first-order valence-corrected chi connectivity index (χ1v) is 9.71. The largest absolute Gasteiger partial charge is 0.507 e. The second kappa shape index (κ2) is 8.02. The summed E-state index contributed by atoms with van der Waals surface area (Å²) in [6.07, 6.45) is 0. The maximum atomic E-state index is 13.3. The van der Waals surface area contributed by atoms with E-state index in [4.69, 9.17) is 4.74 Å². The Kier molecular flexibility index (Phi) is 5.25. The highest BCUT2D eigenvalue weighted by Gasteiger charge is 2.31. The molecule has 0 saturated heterocycles. The van der Waals surface area contributed by atoms with Crippen LogP contribution in [0.1, 0.15) is 43.0 Å². The molecule has 4 rings (SSSR count). The van der Waals surface area contributed by atoms with Gasteiger partial charge in [0.15, 0.2) is 0 Å². The summed E-state index contributed by atoms with van der Waals surface area (Å²) < 4.78 is 5.88. The third-order valence-corrected chi connectivity index (χ3v) is 5.38. The van der Waals surface area contributed by atoms with Crippen molar-refractivity contribution in [3.8, 4) is 17.2 Å². The fraction of sp³-hybridized carbons (Fsp3) is 0.167. The van der Waals surface area contributed by atoms with Crippen molar-refractivity contribution in [1.29, 1.82) is 0 Å². The monoisotopic (exact) mass is 419 g/mol. The second-order valence-electron chi connectivity index (χ2n) is 7.47. The van der Waals surface area contributed by atoms with Crippen molar-refractivity contribution in [2.75, 3.05) is 0 Å². The molecule has 3 aromatic carbocycles. The zero-order valence-corrected chi connectivity index (χ0v) is 16.8. The van der Waals surface area contributed by atoms with E-state index in [1.807, 2.05) is 30.3 Å². The van der Waals surface area contributed by atoms with Crippen LogP contribution in [0.15, 0.2) is 54.6 Å². The van der Waals surface area contributed by atoms with Crippen molar-refractivity contribution >= 4 is 11.9 Å². The summed E-state index contributed by atoms with van der Waals surface area (Å²) >= 11 is 0. The van der Waals surface area contributed by atoms with Crippen molar-refractivity contribution in [2.45, 2.75) is 26.6 Å². The molecule has 0 spiro atoms. The standard InChI is InChI=1S/C24H21NO6/c1-14-19(26)10-20(27)21(22(14)31-13-15-5-3-2-4-6-15)23(28)25-11-17-8-7-16(24(29)30)9-18(17)12-25/h2-10,26-27H,11-13H2,1H3,(H,29,30). The van der Waals surface area contributed by atoms with Gasteiger partial charge in [0, 0.05) is 24.7 Å². The average Bonchev–Trinajstić information content (AvgIpc) is 3.19. The number of hydrogen-bond acceptors (Lipinski definition) is 5. The SMILES string of the molecule is Cc1c(O)cc(O)c(C(=O)N2Cc3ccc(C(=O)O)cc3C2)c1OCc1ccccc1. The number of amides is 1. The molecule has 7 nitrogen and oxygen atoms in total. The van der Waals surface area contributed by atoms with Gasteiger partial charge in [-0.25, -0.2) is 4.79 Å². The lowest BCUT2D eigenvalue weighted by Gasteiger charge is -2.21. The first kappa shape index (κ1) is 20.3. The lowest BCUT2D eigenvalue weighted by atomic mass is 10.1. The lowest BCUT2D eigenvalue weighted by Crippen LogP contribution is -2.26. The summed E-state index contributed by atoms with van der Waals surface area (Å²) in [7, 11) is 0. The molecule has 0 atom stereocenters. The van der Waals surface area contributed by atoms with Crippen LogP contribution < -0.4 is 4.74 Å². The van der Waals surface area contributed by atoms with Crippen LogP contribution in [0, 0.1) is 6.92 Å². The fourth-order valence-corrected chi connectivity index (χ4v) is 3.68. The van der Waals surface area contributed by atoms with Gasteiger partial charge in [-0.2, -0.15) is 0 Å². The van der Waals surface area contributed by atoms with Crippen molar-refractivity contribution in [1.82, 2.24) is 4.90 Å². The van der Waals surface area contributed by atoms with Crippen molar-refractivity contribution in [3.05, 3.63) is 88.0 Å². The van der Waals surface area contributed by atoms with Crippen LogP contribution in [0.25, 0.3) is 0 Å². The Morgan fingerprint density at radius 3 is 2.39 bits per heavy atom. The van der Waals surface area contributed by atoms with Gasteiger partial charge in [0.05, 0.1) is 5.56 Å². The number of carbonyl (C=O) groups excluding carboxylic acids is 1. The highest BCUT2D eigenvalue weighted by atomic mass is 16.5. The Morgan fingerprint density at radius 2 is 1.68 bits per heavy atom. The molecule has 0 radical (unpaired) electrons. The first-order valence-electron chi connectivity index (χ1n) is 9.71. The minimum atomic E-state index is -1.03. The van der Waals surface area contributed by atoms with E-state index >= 15 is 0 Å². The summed E-state index contributed by atoms with van der Waals surface area (Å²) in [5.41, 5.74) is 2.94. The summed E-state index contributed by atoms with van der Waals surface area (Å²) in [5, 5.41) is 29.8. The number of ether oxygens (including phenoxy) is 1. The van der Waals surface area contributed by atoms with E-state index in [0.717, 1.165) is 22.8 Å². The van der Waals surface area contributed by atoms with Gasteiger partial charge in [-0.15, -0.1) is 0 Å². The predicted molar refractivity (Wildman–Crippen MR) is 112 cm³/mol. The van der Waals surface area contributed by atoms with Gasteiger partial charge in [-0.3, -0.25) is 4.79 Å². The van der Waals surface area contributed by atoms with E-state index in [1.54, 1.807) is 19.1 Å². The van der Waals surface area contributed by atoms with Gasteiger partial charge in [0.1, 0.15) is 29.4 Å². The maximum Gasteiger partial charge on any atom is 0.335 e. The Balaban J connectivity index is 1.64. The van der Waals surface area contributed by atoms with Gasteiger partial charge in [0.25, 0.3) is 5.91 Å². The number of phenols is 2. The average molecular weight is 419 g/mol. The number of fused-ring (bicyclic) bond motifs is 1.